The summed E-state index contributed by atoms with van der Waals surface area (Å²) in [4.78, 5) is 34.2. The van der Waals surface area contributed by atoms with E-state index in [-0.39, 0.29) is 23.0 Å². The summed E-state index contributed by atoms with van der Waals surface area (Å²) in [6, 6.07) is 0. The Bertz CT molecular complexity index is 597. The number of nitrogens with one attached hydrogen (secondary N) is 2. The third-order valence-electron chi connectivity index (χ3n) is 4.39. The fourth-order valence-corrected chi connectivity index (χ4v) is 2.49. The zero-order valence-electron chi connectivity index (χ0n) is 19.0. The summed E-state index contributed by atoms with van der Waals surface area (Å²) in [5.41, 5.74) is 0.178. The summed E-state index contributed by atoms with van der Waals surface area (Å²) in [5, 5.41) is 6.27. The van der Waals surface area contributed by atoms with Crippen LogP contribution in [0.15, 0.2) is 0 Å². The molecule has 0 aliphatic rings. The van der Waals surface area contributed by atoms with E-state index < -0.39 is 11.9 Å². The first-order chi connectivity index (χ1) is 14.6. The van der Waals surface area contributed by atoms with Crippen molar-refractivity contribution in [3.63, 3.8) is 0 Å². The van der Waals surface area contributed by atoms with Gasteiger partial charge >= 0.3 is 11.9 Å². The number of rotatable bonds is 16. The molecule has 0 saturated carbocycles. The average Bonchev–Trinajstić information content (AvgIpc) is 2.74. The zero-order valence-corrected chi connectivity index (χ0v) is 19.0. The van der Waals surface area contributed by atoms with Crippen molar-refractivity contribution in [3.05, 3.63) is 11.4 Å². The number of carbonyl (C=O) groups excluding carboxylic acids is 2. The van der Waals surface area contributed by atoms with Crippen molar-refractivity contribution < 1.29 is 19.1 Å². The van der Waals surface area contributed by atoms with Crippen LogP contribution >= 0.6 is 0 Å². The maximum Gasteiger partial charge on any atom is 0.360 e. The van der Waals surface area contributed by atoms with Crippen molar-refractivity contribution in [2.24, 2.45) is 0 Å². The lowest BCUT2D eigenvalue weighted by Gasteiger charge is -2.15. The van der Waals surface area contributed by atoms with Gasteiger partial charge in [-0.05, 0) is 25.7 Å². The highest BCUT2D eigenvalue weighted by Crippen LogP contribution is 2.21. The van der Waals surface area contributed by atoms with E-state index in [0.717, 1.165) is 51.4 Å². The summed E-state index contributed by atoms with van der Waals surface area (Å²) < 4.78 is 10.7. The summed E-state index contributed by atoms with van der Waals surface area (Å²) in [6.07, 6.45) is 7.18. The first-order valence-electron chi connectivity index (χ1n) is 11.3. The van der Waals surface area contributed by atoms with Gasteiger partial charge in [-0.2, -0.15) is 0 Å². The predicted molar refractivity (Wildman–Crippen MR) is 119 cm³/mol. The van der Waals surface area contributed by atoms with Gasteiger partial charge in [-0.15, -0.1) is 0 Å². The van der Waals surface area contributed by atoms with Crippen LogP contribution in [0.1, 0.15) is 100 Å². The molecular weight excluding hydrogens is 384 g/mol. The largest absolute Gasteiger partial charge is 0.461 e. The van der Waals surface area contributed by atoms with Crippen LogP contribution in [0.5, 0.6) is 0 Å². The lowest BCUT2D eigenvalue weighted by Crippen LogP contribution is -2.21. The Hall–Kier alpha value is -2.38. The molecule has 1 aromatic heterocycles. The molecule has 1 aromatic rings. The van der Waals surface area contributed by atoms with E-state index in [9.17, 15) is 9.59 Å². The number of hydrogen-bond acceptors (Lipinski definition) is 8. The number of anilines is 2. The molecule has 0 aromatic carbocycles. The summed E-state index contributed by atoms with van der Waals surface area (Å²) >= 11 is 0. The van der Waals surface area contributed by atoms with Gasteiger partial charge in [-0.3, -0.25) is 0 Å². The van der Waals surface area contributed by atoms with Gasteiger partial charge in [0.1, 0.15) is 0 Å². The third kappa shape index (κ3) is 8.97. The molecule has 0 amide bonds. The minimum absolute atomic E-state index is 0.0892. The highest BCUT2D eigenvalue weighted by atomic mass is 16.5. The van der Waals surface area contributed by atoms with E-state index in [1.165, 1.54) is 0 Å². The van der Waals surface area contributed by atoms with Gasteiger partial charge in [0.15, 0.2) is 23.0 Å². The Labute approximate surface area is 180 Å². The SMILES string of the molecule is CCCCNc1nc(C(=O)OCCCC)c(NCCCC)nc1C(=O)OCCCC. The van der Waals surface area contributed by atoms with E-state index in [1.807, 2.05) is 13.8 Å². The van der Waals surface area contributed by atoms with E-state index in [2.05, 4.69) is 34.4 Å². The molecule has 0 saturated heterocycles. The number of nitrogens with zero attached hydrogens (tertiary/aromatic N) is 2. The molecule has 0 atom stereocenters. The number of hydrogen-bond donors (Lipinski definition) is 2. The van der Waals surface area contributed by atoms with Crippen LogP contribution in [0.4, 0.5) is 11.6 Å². The van der Waals surface area contributed by atoms with Crippen molar-refractivity contribution in [1.82, 2.24) is 9.97 Å². The maximum absolute atomic E-state index is 12.6. The van der Waals surface area contributed by atoms with Crippen LogP contribution < -0.4 is 10.6 Å². The quantitative estimate of drug-likeness (QED) is 0.289. The molecule has 1 rings (SSSR count). The molecule has 170 valence electrons. The van der Waals surface area contributed by atoms with Crippen LogP contribution in [-0.4, -0.2) is 48.2 Å². The molecule has 0 bridgehead atoms. The Kier molecular flexibility index (Phi) is 13.2. The Morgan fingerprint density at radius 1 is 0.667 bits per heavy atom. The van der Waals surface area contributed by atoms with E-state index >= 15 is 0 Å². The van der Waals surface area contributed by atoms with Crippen LogP contribution in [0, 0.1) is 0 Å². The third-order valence-corrected chi connectivity index (χ3v) is 4.39. The molecule has 8 nitrogen and oxygen atoms in total. The molecule has 0 fully saturated rings. The van der Waals surface area contributed by atoms with Crippen LogP contribution in [0.2, 0.25) is 0 Å². The molecular formula is C22H38N4O4. The predicted octanol–water partition coefficient (Wildman–Crippen LogP) is 4.81. The van der Waals surface area contributed by atoms with E-state index in [4.69, 9.17) is 9.47 Å². The fourth-order valence-electron chi connectivity index (χ4n) is 2.49. The van der Waals surface area contributed by atoms with Crippen molar-refractivity contribution in [1.29, 1.82) is 0 Å². The fraction of sp³-hybridized carbons (Fsp3) is 0.727. The second-order valence-corrected chi connectivity index (χ2v) is 7.16. The summed E-state index contributed by atoms with van der Waals surface area (Å²) in [5.74, 6) is -0.569. The first-order valence-corrected chi connectivity index (χ1v) is 11.3. The van der Waals surface area contributed by atoms with Gasteiger partial charge in [-0.25, -0.2) is 19.6 Å². The van der Waals surface area contributed by atoms with Gasteiger partial charge in [-0.1, -0.05) is 53.4 Å². The topological polar surface area (TPSA) is 102 Å². The van der Waals surface area contributed by atoms with Crippen molar-refractivity contribution in [2.75, 3.05) is 36.9 Å². The first kappa shape index (κ1) is 25.7. The molecule has 1 heterocycles. The molecule has 8 heteroatoms. The second kappa shape index (κ2) is 15.5. The molecule has 0 radical (unpaired) electrons. The van der Waals surface area contributed by atoms with Crippen molar-refractivity contribution in [2.45, 2.75) is 79.1 Å². The standard InChI is InChI=1S/C22H38N4O4/c1-5-9-13-23-19-17(21(27)29-15-11-7-3)26-20(24-14-10-6-2)18(25-19)22(28)30-16-12-8-4/h5-16H2,1-4H3,(H,23,25)(H,24,26). The van der Waals surface area contributed by atoms with Gasteiger partial charge in [0.05, 0.1) is 13.2 Å². The Morgan fingerprint density at radius 2 is 1.03 bits per heavy atom. The zero-order chi connectivity index (χ0) is 22.2. The number of aromatic nitrogens is 2. The monoisotopic (exact) mass is 422 g/mol. The Morgan fingerprint density at radius 3 is 1.37 bits per heavy atom. The molecule has 0 aliphatic carbocycles. The highest BCUT2D eigenvalue weighted by molar-refractivity contribution is 5.97. The average molecular weight is 423 g/mol. The van der Waals surface area contributed by atoms with Gasteiger partial charge in [0, 0.05) is 13.1 Å². The maximum atomic E-state index is 12.6. The molecule has 0 spiro atoms. The minimum atomic E-state index is -0.542. The Balaban J connectivity index is 3.22. The number of unbranched alkanes of at least 4 members (excludes halogenated alkanes) is 4. The normalized spacial score (nSPS) is 10.5. The van der Waals surface area contributed by atoms with Gasteiger partial charge < -0.3 is 20.1 Å². The van der Waals surface area contributed by atoms with Crippen LogP contribution in [-0.2, 0) is 9.47 Å². The molecule has 30 heavy (non-hydrogen) atoms. The van der Waals surface area contributed by atoms with Crippen molar-refractivity contribution in [3.8, 4) is 0 Å². The number of esters is 2. The second-order valence-electron chi connectivity index (χ2n) is 7.16. The lowest BCUT2D eigenvalue weighted by atomic mass is 10.3. The van der Waals surface area contributed by atoms with Crippen molar-refractivity contribution >= 4 is 23.6 Å². The van der Waals surface area contributed by atoms with Crippen LogP contribution in [0.3, 0.4) is 0 Å². The van der Waals surface area contributed by atoms with Gasteiger partial charge in [0.25, 0.3) is 0 Å². The summed E-state index contributed by atoms with van der Waals surface area (Å²) in [7, 11) is 0. The van der Waals surface area contributed by atoms with E-state index in [1.54, 1.807) is 0 Å². The van der Waals surface area contributed by atoms with E-state index in [0.29, 0.717) is 26.3 Å². The van der Waals surface area contributed by atoms with Gasteiger partial charge in [0.2, 0.25) is 0 Å². The highest BCUT2D eigenvalue weighted by Gasteiger charge is 2.24. The number of ether oxygens (including phenoxy) is 2. The molecule has 0 unspecified atom stereocenters. The lowest BCUT2D eigenvalue weighted by molar-refractivity contribution is 0.0476. The molecule has 0 aliphatic heterocycles. The summed E-state index contributed by atoms with van der Waals surface area (Å²) in [6.45, 7) is 10.1. The molecule has 2 N–H and O–H groups in total. The number of carbonyl (C=O) groups is 2. The smallest absolute Gasteiger partial charge is 0.360 e. The minimum Gasteiger partial charge on any atom is -0.461 e. The van der Waals surface area contributed by atoms with Crippen LogP contribution in [0.25, 0.3) is 0 Å².